The average Bonchev–Trinajstić information content (AvgIpc) is 2.62. The maximum Gasteiger partial charge on any atom is 0.123 e. The van der Waals surface area contributed by atoms with Crippen LogP contribution in [-0.4, -0.2) is 4.99 Å². The van der Waals surface area contributed by atoms with Gasteiger partial charge in [0.25, 0.3) is 0 Å². The molecule has 0 aliphatic rings. The molecule has 25 heavy (non-hydrogen) atoms. The molecule has 2 aromatic rings. The van der Waals surface area contributed by atoms with E-state index in [-0.39, 0.29) is 0 Å². The lowest BCUT2D eigenvalue weighted by molar-refractivity contribution is 0.303. The lowest BCUT2D eigenvalue weighted by Gasteiger charge is -2.18. The number of benzene rings is 2. The van der Waals surface area contributed by atoms with Gasteiger partial charge in [0.05, 0.1) is 4.99 Å². The molecule has 0 spiro atoms. The third-order valence-electron chi connectivity index (χ3n) is 4.64. The number of nitrogens with one attached hydrogen (secondary N) is 1. The number of hydrogen-bond donors (Lipinski definition) is 1. The van der Waals surface area contributed by atoms with E-state index in [9.17, 15) is 0 Å². The summed E-state index contributed by atoms with van der Waals surface area (Å²) >= 11 is 5.37. The van der Waals surface area contributed by atoms with Crippen LogP contribution in [0.25, 0.3) is 0 Å². The number of anilines is 1. The fraction of sp³-hybridized carbons (Fsp3) is 0.409. The van der Waals surface area contributed by atoms with Crippen LogP contribution in [-0.2, 0) is 19.4 Å². The van der Waals surface area contributed by atoms with Crippen molar-refractivity contribution in [2.24, 2.45) is 0 Å². The second-order valence-corrected chi connectivity index (χ2v) is 6.88. The van der Waals surface area contributed by atoms with Crippen LogP contribution in [0.5, 0.6) is 5.75 Å². The lowest BCUT2D eigenvalue weighted by Crippen LogP contribution is -2.12. The van der Waals surface area contributed by atoms with Crippen molar-refractivity contribution >= 4 is 22.9 Å². The van der Waals surface area contributed by atoms with Crippen LogP contribution in [0.2, 0.25) is 0 Å². The predicted molar refractivity (Wildman–Crippen MR) is 112 cm³/mol. The van der Waals surface area contributed by atoms with Crippen LogP contribution in [0.1, 0.15) is 55.0 Å². The van der Waals surface area contributed by atoms with E-state index in [4.69, 9.17) is 17.0 Å². The average molecular weight is 356 g/mol. The van der Waals surface area contributed by atoms with E-state index >= 15 is 0 Å². The van der Waals surface area contributed by atoms with Crippen molar-refractivity contribution in [2.75, 3.05) is 5.32 Å². The highest BCUT2D eigenvalue weighted by molar-refractivity contribution is 7.80. The molecule has 0 unspecified atom stereocenters. The fourth-order valence-corrected chi connectivity index (χ4v) is 3.14. The van der Waals surface area contributed by atoms with Gasteiger partial charge < -0.3 is 10.1 Å². The van der Waals surface area contributed by atoms with Crippen LogP contribution in [0.15, 0.2) is 30.3 Å². The standard InChI is InChI=1S/C22H29NOS/c1-6-17-10-9-11-20(23-22(25)8-3)19(17)14-24-21-13-15(4)18(7-2)12-16(21)5/h9-13H,6-8,14H2,1-5H3,(H,23,25). The molecule has 0 saturated heterocycles. The minimum atomic E-state index is 0.546. The molecule has 0 bridgehead atoms. The van der Waals surface area contributed by atoms with Gasteiger partial charge in [0, 0.05) is 11.3 Å². The van der Waals surface area contributed by atoms with E-state index in [0.29, 0.717) is 6.61 Å². The van der Waals surface area contributed by atoms with Crippen molar-refractivity contribution in [3.05, 3.63) is 58.1 Å². The number of hydrogen-bond acceptors (Lipinski definition) is 2. The van der Waals surface area contributed by atoms with Gasteiger partial charge in [-0.15, -0.1) is 0 Å². The number of ether oxygens (including phenoxy) is 1. The Balaban J connectivity index is 2.28. The first kappa shape index (κ1) is 19.5. The maximum absolute atomic E-state index is 6.22. The summed E-state index contributed by atoms with van der Waals surface area (Å²) in [5.41, 5.74) is 7.41. The molecule has 2 nitrogen and oxygen atoms in total. The first-order valence-electron chi connectivity index (χ1n) is 9.13. The molecule has 134 valence electrons. The summed E-state index contributed by atoms with van der Waals surface area (Å²) in [7, 11) is 0. The molecule has 0 saturated carbocycles. The van der Waals surface area contributed by atoms with Gasteiger partial charge >= 0.3 is 0 Å². The molecule has 0 radical (unpaired) electrons. The molecule has 0 amide bonds. The third kappa shape index (κ3) is 4.82. The zero-order chi connectivity index (χ0) is 18.4. The number of rotatable bonds is 7. The number of aryl methyl sites for hydroxylation is 4. The van der Waals surface area contributed by atoms with E-state index in [0.717, 1.165) is 35.7 Å². The van der Waals surface area contributed by atoms with Gasteiger partial charge in [-0.1, -0.05) is 51.2 Å². The topological polar surface area (TPSA) is 21.3 Å². The molecular weight excluding hydrogens is 326 g/mol. The molecule has 1 N–H and O–H groups in total. The van der Waals surface area contributed by atoms with Crippen molar-refractivity contribution in [3.63, 3.8) is 0 Å². The highest BCUT2D eigenvalue weighted by Gasteiger charge is 2.11. The smallest absolute Gasteiger partial charge is 0.123 e. The SMILES string of the molecule is CCC(=S)Nc1cccc(CC)c1COc1cc(C)c(CC)cc1C. The minimum Gasteiger partial charge on any atom is -0.489 e. The molecule has 2 aromatic carbocycles. The molecule has 2 rings (SSSR count). The molecule has 3 heteroatoms. The van der Waals surface area contributed by atoms with Crippen LogP contribution >= 0.6 is 12.2 Å². The Labute approximate surface area is 157 Å². The second kappa shape index (κ2) is 9.00. The van der Waals surface area contributed by atoms with Gasteiger partial charge in [-0.2, -0.15) is 0 Å². The van der Waals surface area contributed by atoms with E-state index in [1.165, 1.54) is 27.8 Å². The summed E-state index contributed by atoms with van der Waals surface area (Å²) in [5, 5.41) is 3.37. The summed E-state index contributed by atoms with van der Waals surface area (Å²) in [4.78, 5) is 0.855. The Morgan fingerprint density at radius 3 is 2.36 bits per heavy atom. The van der Waals surface area contributed by atoms with Gasteiger partial charge in [0.1, 0.15) is 12.4 Å². The van der Waals surface area contributed by atoms with Crippen molar-refractivity contribution in [1.82, 2.24) is 0 Å². The molecule has 0 fully saturated rings. The maximum atomic E-state index is 6.22. The van der Waals surface area contributed by atoms with E-state index in [2.05, 4.69) is 70.3 Å². The zero-order valence-corrected chi connectivity index (χ0v) is 16.8. The minimum absolute atomic E-state index is 0.546. The lowest BCUT2D eigenvalue weighted by atomic mass is 10.0. The predicted octanol–water partition coefficient (Wildman–Crippen LogP) is 6.16. The summed E-state index contributed by atoms with van der Waals surface area (Å²) in [6, 6.07) is 10.7. The van der Waals surface area contributed by atoms with E-state index in [1.807, 2.05) is 0 Å². The molecule has 0 aromatic heterocycles. The Morgan fingerprint density at radius 2 is 1.72 bits per heavy atom. The zero-order valence-electron chi connectivity index (χ0n) is 16.0. The molecule has 0 heterocycles. The van der Waals surface area contributed by atoms with Gasteiger partial charge in [-0.3, -0.25) is 0 Å². The van der Waals surface area contributed by atoms with Crippen molar-refractivity contribution in [1.29, 1.82) is 0 Å². The van der Waals surface area contributed by atoms with Gasteiger partial charge in [-0.05, 0) is 67.5 Å². The first-order valence-corrected chi connectivity index (χ1v) is 9.54. The van der Waals surface area contributed by atoms with Crippen molar-refractivity contribution in [2.45, 2.75) is 60.5 Å². The fourth-order valence-electron chi connectivity index (χ4n) is 3.03. The molecular formula is C22H29NOS. The molecule has 0 atom stereocenters. The second-order valence-electron chi connectivity index (χ2n) is 6.38. The van der Waals surface area contributed by atoms with Crippen LogP contribution in [0.3, 0.4) is 0 Å². The van der Waals surface area contributed by atoms with Crippen LogP contribution in [0.4, 0.5) is 5.69 Å². The Morgan fingerprint density at radius 1 is 1.00 bits per heavy atom. The summed E-state index contributed by atoms with van der Waals surface area (Å²) in [6.45, 7) is 11.2. The summed E-state index contributed by atoms with van der Waals surface area (Å²) < 4.78 is 6.22. The molecule has 0 aliphatic carbocycles. The van der Waals surface area contributed by atoms with Gasteiger partial charge in [-0.25, -0.2) is 0 Å². The van der Waals surface area contributed by atoms with Gasteiger partial charge in [0.15, 0.2) is 0 Å². The van der Waals surface area contributed by atoms with Crippen LogP contribution in [0, 0.1) is 13.8 Å². The van der Waals surface area contributed by atoms with Crippen molar-refractivity contribution in [3.8, 4) is 5.75 Å². The monoisotopic (exact) mass is 355 g/mol. The van der Waals surface area contributed by atoms with Gasteiger partial charge in [0.2, 0.25) is 0 Å². The third-order valence-corrected chi connectivity index (χ3v) is 5.03. The van der Waals surface area contributed by atoms with E-state index < -0.39 is 0 Å². The first-order chi connectivity index (χ1) is 12.0. The van der Waals surface area contributed by atoms with Crippen LogP contribution < -0.4 is 10.1 Å². The quantitative estimate of drug-likeness (QED) is 0.601. The number of thiocarbonyl (C=S) groups is 1. The summed E-state index contributed by atoms with van der Waals surface area (Å²) in [6.07, 6.45) is 2.86. The highest BCUT2D eigenvalue weighted by atomic mass is 32.1. The van der Waals surface area contributed by atoms with E-state index in [1.54, 1.807) is 0 Å². The molecule has 0 aliphatic heterocycles. The Bertz CT molecular complexity index is 752. The highest BCUT2D eigenvalue weighted by Crippen LogP contribution is 2.27. The van der Waals surface area contributed by atoms with Crippen molar-refractivity contribution < 1.29 is 4.74 Å². The normalized spacial score (nSPS) is 10.6. The Hall–Kier alpha value is -1.87. The summed E-state index contributed by atoms with van der Waals surface area (Å²) in [5.74, 6) is 0.963. The largest absolute Gasteiger partial charge is 0.489 e. The Kier molecular flexibility index (Phi) is 7.01.